The molecule has 4 aliphatic rings. The zero-order valence-electron chi connectivity index (χ0n) is 21.0. The van der Waals surface area contributed by atoms with Crippen molar-refractivity contribution in [2.75, 3.05) is 37.6 Å². The van der Waals surface area contributed by atoms with Crippen LogP contribution in [0.2, 0.25) is 0 Å². The van der Waals surface area contributed by atoms with Gasteiger partial charge in [-0.3, -0.25) is 19.4 Å². The summed E-state index contributed by atoms with van der Waals surface area (Å²) in [5, 5.41) is 28.8. The van der Waals surface area contributed by atoms with Gasteiger partial charge in [0.2, 0.25) is 11.3 Å². The number of rotatable bonds is 7. The van der Waals surface area contributed by atoms with Crippen molar-refractivity contribution in [3.8, 4) is 0 Å². The largest absolute Gasteiger partial charge is 0.477 e. The van der Waals surface area contributed by atoms with Crippen molar-refractivity contribution in [1.29, 1.82) is 0 Å². The highest BCUT2D eigenvalue weighted by atomic mass is 32.2. The van der Waals surface area contributed by atoms with E-state index < -0.39 is 40.6 Å². The van der Waals surface area contributed by atoms with E-state index in [1.54, 1.807) is 10.6 Å². The van der Waals surface area contributed by atoms with E-state index in [1.165, 1.54) is 29.8 Å². The lowest BCUT2D eigenvalue weighted by molar-refractivity contribution is -0.156. The topological polar surface area (TPSA) is 144 Å². The Morgan fingerprint density at radius 3 is 2.38 bits per heavy atom. The lowest BCUT2D eigenvalue weighted by atomic mass is 9.92. The first-order valence-electron chi connectivity index (χ1n) is 12.8. The first kappa shape index (κ1) is 25.8. The van der Waals surface area contributed by atoms with Crippen molar-refractivity contribution in [2.45, 2.75) is 37.3 Å². The van der Waals surface area contributed by atoms with Crippen molar-refractivity contribution in [3.63, 3.8) is 0 Å². The van der Waals surface area contributed by atoms with Crippen molar-refractivity contribution in [2.24, 2.45) is 5.92 Å². The Hall–Kier alpha value is -3.42. The van der Waals surface area contributed by atoms with Crippen LogP contribution in [0, 0.1) is 11.7 Å². The number of fused-ring (bicyclic) bond motifs is 2. The maximum absolute atomic E-state index is 15.3. The van der Waals surface area contributed by atoms with Crippen LogP contribution in [0.4, 0.5) is 10.1 Å². The van der Waals surface area contributed by atoms with Crippen LogP contribution in [0.3, 0.4) is 0 Å². The maximum atomic E-state index is 15.3. The molecule has 2 aromatic rings. The summed E-state index contributed by atoms with van der Waals surface area (Å²) in [4.78, 5) is 54.5. The van der Waals surface area contributed by atoms with Crippen LogP contribution in [0.5, 0.6) is 0 Å². The molecule has 6 rings (SSSR count). The highest BCUT2D eigenvalue weighted by Gasteiger charge is 2.57. The number of anilines is 1. The summed E-state index contributed by atoms with van der Waals surface area (Å²) >= 11 is 1.30. The van der Waals surface area contributed by atoms with E-state index in [-0.39, 0.29) is 28.6 Å². The molecule has 4 heterocycles. The van der Waals surface area contributed by atoms with Gasteiger partial charge in [-0.2, -0.15) is 0 Å². The van der Waals surface area contributed by atoms with Crippen LogP contribution in [0.25, 0.3) is 10.9 Å². The van der Waals surface area contributed by atoms with Gasteiger partial charge in [-0.25, -0.2) is 14.0 Å². The van der Waals surface area contributed by atoms with Crippen LogP contribution in [0.15, 0.2) is 33.7 Å². The number of nitrogens with zero attached hydrogens (tertiary/aromatic N) is 4. The predicted octanol–water partition coefficient (Wildman–Crippen LogP) is 1.50. The molecule has 39 heavy (non-hydrogen) atoms. The number of amides is 1. The monoisotopic (exact) mass is 558 g/mol. The number of aliphatic hydroxyl groups excluding tert-OH is 1. The Bertz CT molecular complexity index is 1510. The SMILES string of the molecule is CC(O)C1C(=O)N2C(C(=O)O)=C(CN3CCN(c4cc5c(cc4F)c(=O)c(C(=O)O)cn5C4CC4)CC3)SC12. The van der Waals surface area contributed by atoms with Crippen LogP contribution < -0.4 is 10.3 Å². The number of β-lactam (4-membered cyclic amide) rings is 1. The highest BCUT2D eigenvalue weighted by Crippen LogP contribution is 2.50. The second kappa shape index (κ2) is 9.35. The molecular weight excluding hydrogens is 531 g/mol. The minimum atomic E-state index is -1.34. The van der Waals surface area contributed by atoms with Crippen molar-refractivity contribution in [3.05, 3.63) is 50.5 Å². The van der Waals surface area contributed by atoms with E-state index in [4.69, 9.17) is 0 Å². The number of carbonyl (C=O) groups is 3. The fraction of sp³-hybridized carbons (Fsp3) is 0.462. The molecule has 1 aromatic heterocycles. The smallest absolute Gasteiger partial charge is 0.353 e. The number of carboxylic acid groups (broad SMARTS) is 2. The molecular formula is C26H27FN4O7S. The molecule has 1 amide bonds. The maximum Gasteiger partial charge on any atom is 0.353 e. The molecule has 0 spiro atoms. The first-order chi connectivity index (χ1) is 18.6. The average Bonchev–Trinajstić information content (AvgIpc) is 3.67. The molecule has 3 unspecified atom stereocenters. The summed E-state index contributed by atoms with van der Waals surface area (Å²) < 4.78 is 17.0. The number of pyridine rings is 1. The second-order valence-corrected chi connectivity index (χ2v) is 11.7. The number of piperazine rings is 1. The zero-order valence-corrected chi connectivity index (χ0v) is 21.9. The van der Waals surface area contributed by atoms with Gasteiger partial charge >= 0.3 is 11.9 Å². The van der Waals surface area contributed by atoms with Gasteiger partial charge in [-0.05, 0) is 31.9 Å². The molecule has 0 bridgehead atoms. The van der Waals surface area contributed by atoms with Crippen molar-refractivity contribution >= 4 is 46.2 Å². The number of aliphatic hydroxyl groups is 1. The van der Waals surface area contributed by atoms with Gasteiger partial charge in [0.05, 0.1) is 23.2 Å². The Labute approximate surface area is 226 Å². The second-order valence-electron chi connectivity index (χ2n) is 10.5. The van der Waals surface area contributed by atoms with E-state index in [0.717, 1.165) is 18.9 Å². The summed E-state index contributed by atoms with van der Waals surface area (Å²) in [6.07, 6.45) is 2.20. The normalized spacial score (nSPS) is 24.2. The van der Waals surface area contributed by atoms with Crippen LogP contribution in [-0.2, 0) is 9.59 Å². The Morgan fingerprint density at radius 1 is 1.10 bits per heavy atom. The van der Waals surface area contributed by atoms with Gasteiger partial charge in [-0.15, -0.1) is 11.8 Å². The van der Waals surface area contributed by atoms with Crippen LogP contribution in [0.1, 0.15) is 36.2 Å². The number of aromatic carboxylic acids is 1. The predicted molar refractivity (Wildman–Crippen MR) is 140 cm³/mol. The third kappa shape index (κ3) is 4.19. The summed E-state index contributed by atoms with van der Waals surface area (Å²) in [6, 6.07) is 2.83. The number of halogens is 1. The van der Waals surface area contributed by atoms with Gasteiger partial charge < -0.3 is 24.8 Å². The summed E-state index contributed by atoms with van der Waals surface area (Å²) in [6.45, 7) is 3.78. The molecule has 1 aromatic carbocycles. The van der Waals surface area contributed by atoms with Crippen LogP contribution >= 0.6 is 11.8 Å². The van der Waals surface area contributed by atoms with Crippen molar-refractivity contribution in [1.82, 2.24) is 14.4 Å². The molecule has 3 atom stereocenters. The standard InChI is InChI=1S/C26H27FN4O7S/c1-12(32)20-23(34)31-21(26(37)38)19(39-24(20)31)11-28-4-6-29(7-5-28)18-9-17-14(8-16(18)27)22(33)15(25(35)36)10-30(17)13-2-3-13/h8-10,12-13,20,24,32H,2-7,11H2,1H3,(H,35,36)(H,37,38). The lowest BCUT2D eigenvalue weighted by Gasteiger charge is -2.43. The highest BCUT2D eigenvalue weighted by molar-refractivity contribution is 8.04. The van der Waals surface area contributed by atoms with E-state index in [9.17, 15) is 34.5 Å². The quantitative estimate of drug-likeness (QED) is 0.428. The van der Waals surface area contributed by atoms with Gasteiger partial charge in [0.15, 0.2) is 0 Å². The minimum absolute atomic E-state index is 0.0336. The van der Waals surface area contributed by atoms with Gasteiger partial charge in [0, 0.05) is 55.3 Å². The van der Waals surface area contributed by atoms with E-state index in [0.29, 0.717) is 48.8 Å². The summed E-state index contributed by atoms with van der Waals surface area (Å²) in [5.74, 6) is -4.14. The average molecular weight is 559 g/mol. The molecule has 206 valence electrons. The number of hydrogen-bond acceptors (Lipinski definition) is 8. The molecule has 3 fully saturated rings. The number of hydrogen-bond donors (Lipinski definition) is 3. The molecule has 13 heteroatoms. The molecule has 2 saturated heterocycles. The molecule has 0 radical (unpaired) electrons. The minimum Gasteiger partial charge on any atom is -0.477 e. The van der Waals surface area contributed by atoms with Crippen molar-refractivity contribution < 1.29 is 34.1 Å². The molecule has 3 N–H and O–H groups in total. The van der Waals surface area contributed by atoms with Gasteiger partial charge in [0.25, 0.3) is 0 Å². The third-order valence-electron chi connectivity index (χ3n) is 7.93. The molecule has 1 saturated carbocycles. The molecule has 3 aliphatic heterocycles. The number of benzene rings is 1. The summed E-state index contributed by atoms with van der Waals surface area (Å²) in [5.41, 5.74) is -0.279. The number of thioether (sulfide) groups is 1. The number of aromatic nitrogens is 1. The van der Waals surface area contributed by atoms with Gasteiger partial charge in [0.1, 0.15) is 22.5 Å². The van der Waals surface area contributed by atoms with E-state index in [1.807, 2.05) is 9.80 Å². The first-order valence-corrected chi connectivity index (χ1v) is 13.7. The lowest BCUT2D eigenvalue weighted by Crippen LogP contribution is -2.60. The fourth-order valence-corrected chi connectivity index (χ4v) is 7.37. The fourth-order valence-electron chi connectivity index (χ4n) is 5.72. The summed E-state index contributed by atoms with van der Waals surface area (Å²) in [7, 11) is 0. The van der Waals surface area contributed by atoms with E-state index in [2.05, 4.69) is 0 Å². The Kier molecular flexibility index (Phi) is 6.19. The number of aliphatic carboxylic acids is 1. The number of carboxylic acids is 2. The zero-order chi connectivity index (χ0) is 27.7. The van der Waals surface area contributed by atoms with E-state index >= 15 is 4.39 Å². The third-order valence-corrected chi connectivity index (χ3v) is 9.28. The molecule has 1 aliphatic carbocycles. The van der Waals surface area contributed by atoms with Crippen LogP contribution in [-0.4, -0.2) is 91.7 Å². The Balaban J connectivity index is 1.21. The molecule has 11 nitrogen and oxygen atoms in total. The Morgan fingerprint density at radius 2 is 1.79 bits per heavy atom. The number of carbonyl (C=O) groups excluding carboxylic acids is 1. The van der Waals surface area contributed by atoms with Gasteiger partial charge in [-0.1, -0.05) is 0 Å².